The zero-order valence-corrected chi connectivity index (χ0v) is 11.9. The second-order valence-corrected chi connectivity index (χ2v) is 5.64. The number of anilines is 1. The summed E-state index contributed by atoms with van der Waals surface area (Å²) in [5.41, 5.74) is 0.894. The van der Waals surface area contributed by atoms with Crippen molar-refractivity contribution in [1.29, 1.82) is 0 Å². The minimum absolute atomic E-state index is 0.0143. The largest absolute Gasteiger partial charge is 0.469 e. The molecule has 0 aromatic heterocycles. The molecule has 1 fully saturated rings. The van der Waals surface area contributed by atoms with Crippen LogP contribution in [0.25, 0.3) is 0 Å². The van der Waals surface area contributed by atoms with Gasteiger partial charge in [0, 0.05) is 17.9 Å². The molecular formula is C14H17NO3S. The van der Waals surface area contributed by atoms with Crippen LogP contribution in [0.5, 0.6) is 0 Å². The normalized spacial score (nSPS) is 18.7. The molecule has 19 heavy (non-hydrogen) atoms. The molecule has 1 amide bonds. The van der Waals surface area contributed by atoms with Gasteiger partial charge in [-0.05, 0) is 17.9 Å². The predicted molar refractivity (Wildman–Crippen MR) is 75.3 cm³/mol. The number of benzene rings is 1. The predicted octanol–water partition coefficient (Wildman–Crippen LogP) is 2.32. The van der Waals surface area contributed by atoms with Gasteiger partial charge >= 0.3 is 5.97 Å². The van der Waals surface area contributed by atoms with Crippen molar-refractivity contribution in [3.63, 3.8) is 0 Å². The van der Waals surface area contributed by atoms with Crippen molar-refractivity contribution in [1.82, 2.24) is 0 Å². The Hall–Kier alpha value is -1.49. The third-order valence-electron chi connectivity index (χ3n) is 3.12. The first-order valence-electron chi connectivity index (χ1n) is 6.27. The van der Waals surface area contributed by atoms with E-state index in [1.807, 2.05) is 24.3 Å². The van der Waals surface area contributed by atoms with Gasteiger partial charge in [0.05, 0.1) is 18.7 Å². The molecule has 0 aliphatic carbocycles. The number of methoxy groups -OCH3 is 1. The third-order valence-corrected chi connectivity index (χ3v) is 4.06. The summed E-state index contributed by atoms with van der Waals surface area (Å²) in [7, 11) is 1.36. The Kier molecular flexibility index (Phi) is 4.47. The SMILES string of the molecule is CCSc1ccccc1N1CC(C(=O)OC)CC1=O. The van der Waals surface area contributed by atoms with Gasteiger partial charge in [-0.25, -0.2) is 0 Å². The summed E-state index contributed by atoms with van der Waals surface area (Å²) in [4.78, 5) is 26.4. The van der Waals surface area contributed by atoms with Gasteiger partial charge in [-0.15, -0.1) is 11.8 Å². The van der Waals surface area contributed by atoms with Gasteiger partial charge in [0.1, 0.15) is 0 Å². The van der Waals surface area contributed by atoms with E-state index in [9.17, 15) is 9.59 Å². The topological polar surface area (TPSA) is 46.6 Å². The van der Waals surface area contributed by atoms with Crippen LogP contribution in [-0.2, 0) is 14.3 Å². The van der Waals surface area contributed by atoms with E-state index < -0.39 is 0 Å². The van der Waals surface area contributed by atoms with E-state index in [4.69, 9.17) is 4.74 Å². The van der Waals surface area contributed by atoms with E-state index >= 15 is 0 Å². The maximum Gasteiger partial charge on any atom is 0.311 e. The van der Waals surface area contributed by atoms with Crippen LogP contribution in [0, 0.1) is 5.92 Å². The Bertz CT molecular complexity index is 489. The number of carbonyl (C=O) groups excluding carboxylic acids is 2. The van der Waals surface area contributed by atoms with Crippen LogP contribution >= 0.6 is 11.8 Å². The van der Waals surface area contributed by atoms with Crippen LogP contribution in [0.3, 0.4) is 0 Å². The molecule has 1 unspecified atom stereocenters. The number of esters is 1. The first kappa shape index (κ1) is 13.9. The average Bonchev–Trinajstić information content (AvgIpc) is 2.81. The van der Waals surface area contributed by atoms with Gasteiger partial charge in [0.2, 0.25) is 5.91 Å². The number of amides is 1. The van der Waals surface area contributed by atoms with Gasteiger partial charge in [0.25, 0.3) is 0 Å². The zero-order chi connectivity index (χ0) is 13.8. The number of carbonyl (C=O) groups is 2. The lowest BCUT2D eigenvalue weighted by Crippen LogP contribution is -2.26. The Morgan fingerprint density at radius 3 is 2.89 bits per heavy atom. The molecule has 1 aromatic carbocycles. The van der Waals surface area contributed by atoms with Gasteiger partial charge in [-0.3, -0.25) is 9.59 Å². The van der Waals surface area contributed by atoms with Crippen molar-refractivity contribution < 1.29 is 14.3 Å². The molecule has 1 aromatic rings. The Morgan fingerprint density at radius 1 is 1.47 bits per heavy atom. The summed E-state index contributed by atoms with van der Waals surface area (Å²) in [5, 5.41) is 0. The molecular weight excluding hydrogens is 262 g/mol. The number of hydrogen-bond donors (Lipinski definition) is 0. The highest BCUT2D eigenvalue weighted by atomic mass is 32.2. The first-order chi connectivity index (χ1) is 9.17. The second-order valence-electron chi connectivity index (χ2n) is 4.33. The van der Waals surface area contributed by atoms with E-state index in [1.165, 1.54) is 7.11 Å². The van der Waals surface area contributed by atoms with Crippen molar-refractivity contribution in [3.8, 4) is 0 Å². The summed E-state index contributed by atoms with van der Waals surface area (Å²) < 4.78 is 4.72. The van der Waals surface area contributed by atoms with E-state index in [0.717, 1.165) is 16.3 Å². The zero-order valence-electron chi connectivity index (χ0n) is 11.1. The summed E-state index contributed by atoms with van der Waals surface area (Å²) in [6.07, 6.45) is 0.234. The third kappa shape index (κ3) is 2.92. The standard InChI is InChI=1S/C14H17NO3S/c1-3-19-12-7-5-4-6-11(12)15-9-10(8-13(15)16)14(17)18-2/h4-7,10H,3,8-9H2,1-2H3. The molecule has 1 saturated heterocycles. The lowest BCUT2D eigenvalue weighted by molar-refractivity contribution is -0.145. The molecule has 0 bridgehead atoms. The second kappa shape index (κ2) is 6.10. The lowest BCUT2D eigenvalue weighted by Gasteiger charge is -2.19. The molecule has 0 spiro atoms. The lowest BCUT2D eigenvalue weighted by atomic mass is 10.1. The molecule has 1 aliphatic heterocycles. The fraction of sp³-hybridized carbons (Fsp3) is 0.429. The van der Waals surface area contributed by atoms with Gasteiger partial charge in [-0.1, -0.05) is 19.1 Å². The minimum atomic E-state index is -0.350. The molecule has 4 nitrogen and oxygen atoms in total. The van der Waals surface area contributed by atoms with E-state index in [1.54, 1.807) is 16.7 Å². The van der Waals surface area contributed by atoms with Crippen LogP contribution in [0.1, 0.15) is 13.3 Å². The van der Waals surface area contributed by atoms with Crippen LogP contribution in [0.4, 0.5) is 5.69 Å². The van der Waals surface area contributed by atoms with Crippen molar-refractivity contribution >= 4 is 29.3 Å². The van der Waals surface area contributed by atoms with E-state index in [-0.39, 0.29) is 24.2 Å². The number of hydrogen-bond acceptors (Lipinski definition) is 4. The summed E-state index contributed by atoms with van der Waals surface area (Å²) in [5.74, 6) is 0.271. The molecule has 0 N–H and O–H groups in total. The fourth-order valence-corrected chi connectivity index (χ4v) is 3.03. The van der Waals surface area contributed by atoms with Gasteiger partial charge in [-0.2, -0.15) is 0 Å². The molecule has 1 aliphatic rings. The number of nitrogens with zero attached hydrogens (tertiary/aromatic N) is 1. The van der Waals surface area contributed by atoms with Crippen molar-refractivity contribution in [3.05, 3.63) is 24.3 Å². The molecule has 102 valence electrons. The van der Waals surface area contributed by atoms with Crippen molar-refractivity contribution in [2.45, 2.75) is 18.2 Å². The summed E-state index contributed by atoms with van der Waals surface area (Å²) >= 11 is 1.70. The molecule has 1 heterocycles. The smallest absolute Gasteiger partial charge is 0.311 e. The van der Waals surface area contributed by atoms with E-state index in [2.05, 4.69) is 6.92 Å². The monoisotopic (exact) mass is 279 g/mol. The van der Waals surface area contributed by atoms with Crippen LogP contribution in [0.15, 0.2) is 29.2 Å². The maximum absolute atomic E-state index is 12.1. The van der Waals surface area contributed by atoms with Gasteiger partial charge in [0.15, 0.2) is 0 Å². The van der Waals surface area contributed by atoms with Crippen molar-refractivity contribution in [2.75, 3.05) is 24.3 Å². The molecule has 0 saturated carbocycles. The fourth-order valence-electron chi connectivity index (χ4n) is 2.22. The molecule has 2 rings (SSSR count). The number of ether oxygens (including phenoxy) is 1. The number of para-hydroxylation sites is 1. The molecule has 1 atom stereocenters. The Labute approximate surface area is 117 Å². The molecule has 0 radical (unpaired) electrons. The number of rotatable bonds is 4. The first-order valence-corrected chi connectivity index (χ1v) is 7.26. The molecule has 5 heteroatoms. The summed E-state index contributed by atoms with van der Waals surface area (Å²) in [6.45, 7) is 2.48. The van der Waals surface area contributed by atoms with Crippen LogP contribution in [0.2, 0.25) is 0 Å². The highest BCUT2D eigenvalue weighted by Gasteiger charge is 2.36. The minimum Gasteiger partial charge on any atom is -0.469 e. The van der Waals surface area contributed by atoms with E-state index in [0.29, 0.717) is 6.54 Å². The Morgan fingerprint density at radius 2 is 2.21 bits per heavy atom. The summed E-state index contributed by atoms with van der Waals surface area (Å²) in [6, 6.07) is 7.80. The maximum atomic E-state index is 12.1. The average molecular weight is 279 g/mol. The number of thioether (sulfide) groups is 1. The highest BCUT2D eigenvalue weighted by molar-refractivity contribution is 7.99. The highest BCUT2D eigenvalue weighted by Crippen LogP contribution is 2.34. The van der Waals surface area contributed by atoms with Crippen LogP contribution < -0.4 is 4.90 Å². The van der Waals surface area contributed by atoms with Crippen molar-refractivity contribution in [2.24, 2.45) is 5.92 Å². The Balaban J connectivity index is 2.23. The quantitative estimate of drug-likeness (QED) is 0.627. The van der Waals surface area contributed by atoms with Crippen LogP contribution in [-0.4, -0.2) is 31.3 Å². The van der Waals surface area contributed by atoms with Gasteiger partial charge < -0.3 is 9.64 Å².